The van der Waals surface area contributed by atoms with Crippen LogP contribution in [0.1, 0.15) is 78.4 Å². The highest BCUT2D eigenvalue weighted by Crippen LogP contribution is 2.44. The molecule has 3 nitrogen and oxygen atoms in total. The summed E-state index contributed by atoms with van der Waals surface area (Å²) >= 11 is 0. The number of alkyl halides is 3. The quantitative estimate of drug-likeness (QED) is 0.133. The SMILES string of the molecule is [2H]C([2H])(c1ccc(-c2ccc(-c3cc(C(C)C)c(-n4c(-c5c(C)ccc6c5oc5cc(-c7ccccc7)ccc56)[n+](C)c5ccccc54)c(C(C)C)c3)cc2)cc1)C(C)(C)C(F)(F)F. The van der Waals surface area contributed by atoms with Crippen LogP contribution in [0.4, 0.5) is 13.2 Å². The molecule has 312 valence electrons. The van der Waals surface area contributed by atoms with Gasteiger partial charge in [0, 0.05) is 24.6 Å². The zero-order valence-electron chi connectivity index (χ0n) is 38.4. The summed E-state index contributed by atoms with van der Waals surface area (Å²) in [5, 5.41) is 2.15. The van der Waals surface area contributed by atoms with Gasteiger partial charge in [0.1, 0.15) is 16.8 Å². The molecule has 0 saturated carbocycles. The third-order valence-corrected chi connectivity index (χ3v) is 12.4. The van der Waals surface area contributed by atoms with E-state index in [2.05, 4.69) is 154 Å². The van der Waals surface area contributed by atoms with Gasteiger partial charge in [-0.2, -0.15) is 17.7 Å². The molecule has 0 aliphatic heterocycles. The lowest BCUT2D eigenvalue weighted by molar-refractivity contribution is -0.633. The van der Waals surface area contributed by atoms with Crippen molar-refractivity contribution in [2.75, 3.05) is 0 Å². The Labute approximate surface area is 364 Å². The van der Waals surface area contributed by atoms with Crippen molar-refractivity contribution in [3.63, 3.8) is 0 Å². The molecule has 0 aliphatic rings. The number of fused-ring (bicyclic) bond motifs is 4. The first-order chi connectivity index (χ1) is 30.4. The van der Waals surface area contributed by atoms with E-state index < -0.39 is 18.0 Å². The summed E-state index contributed by atoms with van der Waals surface area (Å²) in [6.45, 7) is 13.0. The number of rotatable bonds is 9. The molecule has 0 fully saturated rings. The highest BCUT2D eigenvalue weighted by atomic mass is 19.4. The zero-order valence-corrected chi connectivity index (χ0v) is 36.4. The van der Waals surface area contributed by atoms with Crippen LogP contribution in [0, 0.1) is 12.3 Å². The number of hydrogen-bond donors (Lipinski definition) is 0. The van der Waals surface area contributed by atoms with Crippen LogP contribution >= 0.6 is 0 Å². The van der Waals surface area contributed by atoms with E-state index in [9.17, 15) is 13.2 Å². The number of benzene rings is 7. The van der Waals surface area contributed by atoms with Gasteiger partial charge < -0.3 is 4.42 Å². The van der Waals surface area contributed by atoms with E-state index in [1.54, 1.807) is 12.1 Å². The number of para-hydroxylation sites is 2. The highest BCUT2D eigenvalue weighted by Gasteiger charge is 2.47. The van der Waals surface area contributed by atoms with Gasteiger partial charge >= 0.3 is 6.18 Å². The Balaban J connectivity index is 1.18. The maximum Gasteiger partial charge on any atom is 0.394 e. The first-order valence-electron chi connectivity index (χ1n) is 22.4. The second-order valence-corrected chi connectivity index (χ2v) is 17.7. The lowest BCUT2D eigenvalue weighted by Gasteiger charge is -2.27. The monoisotopic (exact) mass is 827 g/mol. The minimum absolute atomic E-state index is 0.00760. The van der Waals surface area contributed by atoms with Crippen molar-refractivity contribution < 1.29 is 24.9 Å². The van der Waals surface area contributed by atoms with Crippen LogP contribution in [-0.4, -0.2) is 10.7 Å². The second-order valence-electron chi connectivity index (χ2n) is 17.7. The van der Waals surface area contributed by atoms with E-state index in [1.807, 2.05) is 18.2 Å². The summed E-state index contributed by atoms with van der Waals surface area (Å²) < 4.78 is 70.1. The molecule has 9 aromatic rings. The first kappa shape index (κ1) is 38.5. The maximum absolute atomic E-state index is 13.8. The Kier molecular flexibility index (Phi) is 9.63. The molecular weight excluding hydrogens is 774 g/mol. The Morgan fingerprint density at radius 3 is 1.77 bits per heavy atom. The van der Waals surface area contributed by atoms with Gasteiger partial charge in [-0.15, -0.1) is 0 Å². The number of nitrogens with zero attached hydrogens (tertiary/aromatic N) is 2. The summed E-state index contributed by atoms with van der Waals surface area (Å²) in [5.74, 6) is 1.36. The molecular formula is C56H52F3N2O+. The van der Waals surface area contributed by atoms with Crippen LogP contribution in [0.15, 0.2) is 150 Å². The van der Waals surface area contributed by atoms with Crippen molar-refractivity contribution >= 4 is 33.0 Å². The van der Waals surface area contributed by atoms with Crippen LogP contribution in [0.5, 0.6) is 0 Å². The fourth-order valence-electron chi connectivity index (χ4n) is 8.87. The van der Waals surface area contributed by atoms with E-state index in [4.69, 9.17) is 7.16 Å². The van der Waals surface area contributed by atoms with E-state index in [1.165, 1.54) is 23.3 Å². The molecule has 0 aliphatic carbocycles. The molecule has 62 heavy (non-hydrogen) atoms. The van der Waals surface area contributed by atoms with Crippen molar-refractivity contribution in [1.29, 1.82) is 0 Å². The molecule has 0 radical (unpaired) electrons. The van der Waals surface area contributed by atoms with Crippen molar-refractivity contribution in [2.45, 2.75) is 72.9 Å². The summed E-state index contributed by atoms with van der Waals surface area (Å²) in [4.78, 5) is 0. The standard InChI is InChI=1S/C56H52F3N2O/c1-34(2)46-30-43(41-25-23-40(24-26-41)39-21-19-37(20-22-39)33-55(6,7)56(57,58)59)31-47(35(3)4)52(46)61-49-17-13-12-16-48(49)60(8)54(61)51-36(5)18-28-45-44-29-27-42(32-50(44)62-53(45)51)38-14-10-9-11-15-38/h9-32,34-35H,33H2,1-8H3/q+1/i33D2. The summed E-state index contributed by atoms with van der Waals surface area (Å²) in [7, 11) is 2.15. The molecule has 6 heteroatoms. The number of hydrogen-bond acceptors (Lipinski definition) is 1. The van der Waals surface area contributed by atoms with Crippen molar-refractivity contribution in [1.82, 2.24) is 4.57 Å². The molecule has 0 N–H and O–H groups in total. The van der Waals surface area contributed by atoms with Gasteiger partial charge in [-0.1, -0.05) is 151 Å². The Hall–Kier alpha value is -6.40. The first-order valence-corrected chi connectivity index (χ1v) is 21.4. The number of aromatic nitrogens is 2. The maximum atomic E-state index is 13.8. The molecule has 0 spiro atoms. The van der Waals surface area contributed by atoms with Crippen LogP contribution in [0.25, 0.3) is 83.4 Å². The fraction of sp³-hybridized carbons (Fsp3) is 0.232. The van der Waals surface area contributed by atoms with Gasteiger partial charge in [0.2, 0.25) is 0 Å². The average molecular weight is 828 g/mol. The number of furan rings is 1. The molecule has 0 saturated heterocycles. The number of halogens is 3. The van der Waals surface area contributed by atoms with Crippen LogP contribution < -0.4 is 4.57 Å². The minimum atomic E-state index is -4.71. The third kappa shape index (κ3) is 7.09. The van der Waals surface area contributed by atoms with E-state index in [0.29, 0.717) is 0 Å². The molecule has 0 unspecified atom stereocenters. The molecule has 2 aromatic heterocycles. The average Bonchev–Trinajstić information content (AvgIpc) is 3.79. The minimum Gasteiger partial charge on any atom is -0.455 e. The number of aryl methyl sites for hydroxylation is 2. The molecule has 0 bridgehead atoms. The van der Waals surface area contributed by atoms with E-state index in [0.717, 1.165) is 103 Å². The molecule has 7 aromatic carbocycles. The zero-order chi connectivity index (χ0) is 45.5. The van der Waals surface area contributed by atoms with E-state index >= 15 is 0 Å². The van der Waals surface area contributed by atoms with Crippen LogP contribution in [0.2, 0.25) is 0 Å². The fourth-order valence-corrected chi connectivity index (χ4v) is 8.87. The largest absolute Gasteiger partial charge is 0.455 e. The second kappa shape index (κ2) is 15.5. The normalized spacial score (nSPS) is 13.2. The predicted molar refractivity (Wildman–Crippen MR) is 250 cm³/mol. The lowest BCUT2D eigenvalue weighted by Crippen LogP contribution is -2.34. The molecule has 9 rings (SSSR count). The topological polar surface area (TPSA) is 21.9 Å². The smallest absolute Gasteiger partial charge is 0.394 e. The summed E-state index contributed by atoms with van der Waals surface area (Å²) in [5.41, 5.74) is 13.1. The third-order valence-electron chi connectivity index (χ3n) is 12.4. The van der Waals surface area contributed by atoms with Crippen molar-refractivity contribution in [3.8, 4) is 50.5 Å². The van der Waals surface area contributed by atoms with Gasteiger partial charge in [-0.25, -0.2) is 4.57 Å². The summed E-state index contributed by atoms with van der Waals surface area (Å²) in [6, 6.07) is 49.1. The van der Waals surface area contributed by atoms with Gasteiger partial charge in [0.25, 0.3) is 5.82 Å². The van der Waals surface area contributed by atoms with Crippen molar-refractivity contribution in [3.05, 3.63) is 168 Å². The highest BCUT2D eigenvalue weighted by molar-refractivity contribution is 6.10. The van der Waals surface area contributed by atoms with Crippen LogP contribution in [0.3, 0.4) is 0 Å². The number of imidazole rings is 1. The lowest BCUT2D eigenvalue weighted by atomic mass is 9.84. The molecule has 0 atom stereocenters. The molecule has 2 heterocycles. The van der Waals surface area contributed by atoms with Gasteiger partial charge in [-0.05, 0) is 106 Å². The Morgan fingerprint density at radius 1 is 0.629 bits per heavy atom. The van der Waals surface area contributed by atoms with Crippen LogP contribution in [-0.2, 0) is 13.4 Å². The Bertz CT molecular complexity index is 3180. The Morgan fingerprint density at radius 2 is 1.16 bits per heavy atom. The van der Waals surface area contributed by atoms with E-state index in [-0.39, 0.29) is 17.4 Å². The molecule has 0 amide bonds. The van der Waals surface area contributed by atoms with Gasteiger partial charge in [-0.3, -0.25) is 0 Å². The summed E-state index contributed by atoms with van der Waals surface area (Å²) in [6.07, 6.45) is -7.32. The van der Waals surface area contributed by atoms with Gasteiger partial charge in [0.15, 0.2) is 16.6 Å². The van der Waals surface area contributed by atoms with Crippen molar-refractivity contribution in [2.24, 2.45) is 12.5 Å². The predicted octanol–water partition coefficient (Wildman–Crippen LogP) is 15.7. The van der Waals surface area contributed by atoms with Gasteiger partial charge in [0.05, 0.1) is 12.5 Å².